The Morgan fingerprint density at radius 1 is 1.15 bits per heavy atom. The van der Waals surface area contributed by atoms with Gasteiger partial charge in [0.15, 0.2) is 17.3 Å². The highest BCUT2D eigenvalue weighted by Crippen LogP contribution is 2.47. The number of ether oxygens (including phenoxy) is 3. The van der Waals surface area contributed by atoms with Crippen LogP contribution in [-0.4, -0.2) is 44.9 Å². The second kappa shape index (κ2) is 10.5. The summed E-state index contributed by atoms with van der Waals surface area (Å²) in [5, 5.41) is 17.8. The summed E-state index contributed by atoms with van der Waals surface area (Å²) >= 11 is 0. The molecular weight excluding hydrogens is 527 g/mol. The van der Waals surface area contributed by atoms with Gasteiger partial charge in [0.2, 0.25) is 12.7 Å². The van der Waals surface area contributed by atoms with E-state index in [0.717, 1.165) is 5.57 Å². The van der Waals surface area contributed by atoms with Gasteiger partial charge >= 0.3 is 0 Å². The highest BCUT2D eigenvalue weighted by molar-refractivity contribution is 5.96. The predicted octanol–water partition coefficient (Wildman–Crippen LogP) is 4.99. The van der Waals surface area contributed by atoms with Crippen LogP contribution in [0.4, 0.5) is 4.39 Å². The zero-order chi connectivity index (χ0) is 28.5. The lowest BCUT2D eigenvalue weighted by atomic mass is 9.61. The SMILES string of the molecule is CC(C)(c1nn[nH]n1)C1(CNC(=O)c2cccnc2Oc2ccc3c(c2)OCO3)C=CC(c2ccccc2F)=CC1. The van der Waals surface area contributed by atoms with Crippen LogP contribution in [0, 0.1) is 11.2 Å². The number of hydrogen-bond acceptors (Lipinski definition) is 8. The average Bonchev–Trinajstić information content (AvgIpc) is 3.70. The highest BCUT2D eigenvalue weighted by Gasteiger charge is 2.47. The second-order valence-electron chi connectivity index (χ2n) is 10.3. The maximum Gasteiger partial charge on any atom is 0.256 e. The molecule has 1 aliphatic carbocycles. The van der Waals surface area contributed by atoms with Crippen molar-refractivity contribution in [3.8, 4) is 23.1 Å². The Bertz CT molecular complexity index is 1650. The number of H-pyrrole nitrogens is 1. The molecule has 2 aromatic heterocycles. The molecule has 11 heteroatoms. The first kappa shape index (κ1) is 26.2. The maximum absolute atomic E-state index is 14.5. The molecule has 0 spiro atoms. The third-order valence-corrected chi connectivity index (χ3v) is 7.74. The molecule has 0 saturated carbocycles. The molecule has 0 fully saturated rings. The summed E-state index contributed by atoms with van der Waals surface area (Å²) in [6, 6.07) is 15.1. The molecule has 1 amide bonds. The van der Waals surface area contributed by atoms with Gasteiger partial charge in [0, 0.05) is 35.2 Å². The number of tetrazole rings is 1. The molecule has 0 saturated heterocycles. The van der Waals surface area contributed by atoms with Gasteiger partial charge in [-0.1, -0.05) is 55.5 Å². The summed E-state index contributed by atoms with van der Waals surface area (Å²) < 4.78 is 31.3. The Labute approximate surface area is 235 Å². The Kier molecular flexibility index (Phi) is 6.70. The lowest BCUT2D eigenvalue weighted by Crippen LogP contribution is -2.49. The van der Waals surface area contributed by atoms with Crippen molar-refractivity contribution < 1.29 is 23.4 Å². The zero-order valence-electron chi connectivity index (χ0n) is 22.4. The fraction of sp³-hybridized carbons (Fsp3) is 0.233. The van der Waals surface area contributed by atoms with Crippen molar-refractivity contribution in [1.29, 1.82) is 0 Å². The monoisotopic (exact) mass is 554 g/mol. The first-order valence-corrected chi connectivity index (χ1v) is 13.1. The van der Waals surface area contributed by atoms with Crippen molar-refractivity contribution >= 4 is 11.5 Å². The molecule has 2 aromatic carbocycles. The Morgan fingerprint density at radius 2 is 2.00 bits per heavy atom. The van der Waals surface area contributed by atoms with Gasteiger partial charge in [0.05, 0.1) is 0 Å². The number of carbonyl (C=O) groups is 1. The third-order valence-electron chi connectivity index (χ3n) is 7.74. The smallest absolute Gasteiger partial charge is 0.256 e. The number of nitrogens with one attached hydrogen (secondary N) is 2. The number of rotatable bonds is 8. The predicted molar refractivity (Wildman–Crippen MR) is 147 cm³/mol. The van der Waals surface area contributed by atoms with Crippen LogP contribution in [0.15, 0.2) is 79.0 Å². The van der Waals surface area contributed by atoms with Crippen LogP contribution in [0.2, 0.25) is 0 Å². The van der Waals surface area contributed by atoms with Crippen LogP contribution < -0.4 is 19.5 Å². The highest BCUT2D eigenvalue weighted by atomic mass is 19.1. The quantitative estimate of drug-likeness (QED) is 0.312. The summed E-state index contributed by atoms with van der Waals surface area (Å²) in [5.74, 6) is 1.62. The van der Waals surface area contributed by atoms with Crippen LogP contribution in [0.3, 0.4) is 0 Å². The van der Waals surface area contributed by atoms with Crippen molar-refractivity contribution in [3.63, 3.8) is 0 Å². The van der Waals surface area contributed by atoms with Gasteiger partial charge in [-0.2, -0.15) is 5.21 Å². The molecule has 10 nitrogen and oxygen atoms in total. The van der Waals surface area contributed by atoms with Gasteiger partial charge in [-0.05, 0) is 42.3 Å². The summed E-state index contributed by atoms with van der Waals surface area (Å²) in [7, 11) is 0. The molecule has 3 heterocycles. The van der Waals surface area contributed by atoms with E-state index in [4.69, 9.17) is 14.2 Å². The van der Waals surface area contributed by atoms with Gasteiger partial charge in [-0.25, -0.2) is 9.37 Å². The number of carbonyl (C=O) groups excluding carboxylic acids is 1. The number of amides is 1. The van der Waals surface area contributed by atoms with Crippen LogP contribution in [0.1, 0.15) is 42.0 Å². The van der Waals surface area contributed by atoms with Crippen LogP contribution in [-0.2, 0) is 5.41 Å². The van der Waals surface area contributed by atoms with Crippen molar-refractivity contribution in [2.75, 3.05) is 13.3 Å². The maximum atomic E-state index is 14.5. The van der Waals surface area contributed by atoms with E-state index in [1.807, 2.05) is 32.1 Å². The fourth-order valence-corrected chi connectivity index (χ4v) is 5.07. The van der Waals surface area contributed by atoms with Crippen molar-refractivity contribution in [3.05, 3.63) is 102 Å². The number of pyridine rings is 1. The fourth-order valence-electron chi connectivity index (χ4n) is 5.07. The number of benzene rings is 2. The number of hydrogen-bond donors (Lipinski definition) is 2. The van der Waals surface area contributed by atoms with E-state index in [1.54, 1.807) is 54.7 Å². The van der Waals surface area contributed by atoms with E-state index in [1.165, 1.54) is 6.07 Å². The number of halogens is 1. The lowest BCUT2D eigenvalue weighted by Gasteiger charge is -2.44. The minimum absolute atomic E-state index is 0.142. The van der Waals surface area contributed by atoms with E-state index in [0.29, 0.717) is 35.1 Å². The molecule has 0 radical (unpaired) electrons. The first-order chi connectivity index (χ1) is 19.9. The molecule has 2 aliphatic rings. The van der Waals surface area contributed by atoms with Gasteiger partial charge in [0.1, 0.15) is 17.1 Å². The topological polar surface area (TPSA) is 124 Å². The molecule has 1 unspecified atom stereocenters. The van der Waals surface area contributed by atoms with E-state index < -0.39 is 10.8 Å². The molecule has 208 valence electrons. The van der Waals surface area contributed by atoms with Crippen LogP contribution in [0.25, 0.3) is 5.57 Å². The molecule has 1 aliphatic heterocycles. The van der Waals surface area contributed by atoms with Crippen LogP contribution >= 0.6 is 0 Å². The van der Waals surface area contributed by atoms with E-state index in [2.05, 4.69) is 30.9 Å². The summed E-state index contributed by atoms with van der Waals surface area (Å²) in [5.41, 5.74) is 0.212. The third kappa shape index (κ3) is 4.90. The molecule has 4 aromatic rings. The van der Waals surface area contributed by atoms with Gasteiger partial charge < -0.3 is 19.5 Å². The number of aromatic amines is 1. The number of nitrogens with zero attached hydrogens (tertiary/aromatic N) is 4. The number of aromatic nitrogens is 5. The molecular formula is C30H27FN6O4. The Hall–Kier alpha value is -5.06. The van der Waals surface area contributed by atoms with E-state index in [9.17, 15) is 9.18 Å². The van der Waals surface area contributed by atoms with Crippen molar-refractivity contribution in [2.24, 2.45) is 5.41 Å². The molecule has 0 bridgehead atoms. The average molecular weight is 555 g/mol. The first-order valence-electron chi connectivity index (χ1n) is 13.1. The van der Waals surface area contributed by atoms with E-state index in [-0.39, 0.29) is 36.5 Å². The molecule has 6 rings (SSSR count). The van der Waals surface area contributed by atoms with Gasteiger partial charge in [-0.3, -0.25) is 4.79 Å². The Balaban J connectivity index is 1.25. The Morgan fingerprint density at radius 3 is 2.78 bits per heavy atom. The summed E-state index contributed by atoms with van der Waals surface area (Å²) in [6.07, 6.45) is 7.90. The molecule has 1 atom stereocenters. The summed E-state index contributed by atoms with van der Waals surface area (Å²) in [4.78, 5) is 17.9. The van der Waals surface area contributed by atoms with Crippen molar-refractivity contribution in [2.45, 2.75) is 25.7 Å². The molecule has 2 N–H and O–H groups in total. The lowest BCUT2D eigenvalue weighted by molar-refractivity contribution is 0.0914. The second-order valence-corrected chi connectivity index (χ2v) is 10.3. The normalized spacial score (nSPS) is 17.7. The largest absolute Gasteiger partial charge is 0.454 e. The molecule has 41 heavy (non-hydrogen) atoms. The van der Waals surface area contributed by atoms with Crippen LogP contribution in [0.5, 0.6) is 23.1 Å². The zero-order valence-corrected chi connectivity index (χ0v) is 22.4. The van der Waals surface area contributed by atoms with E-state index >= 15 is 0 Å². The van der Waals surface area contributed by atoms with Gasteiger partial charge in [0.25, 0.3) is 5.91 Å². The number of allylic oxidation sites excluding steroid dienone is 3. The number of fused-ring (bicyclic) bond motifs is 1. The van der Waals surface area contributed by atoms with Crippen molar-refractivity contribution in [1.82, 2.24) is 30.9 Å². The minimum Gasteiger partial charge on any atom is -0.454 e. The standard InChI is InChI=1S/C30H27FN6O4/c1-29(2,28-34-36-37-35-28)30(13-11-19(12-14-30)21-6-3-4-8-23(21)31)17-33-26(38)22-7-5-15-32-27(22)41-20-9-10-24-25(16-20)40-18-39-24/h3-13,15-16H,14,17-18H2,1-2H3,(H,33,38)(H,34,35,36,37). The summed E-state index contributed by atoms with van der Waals surface area (Å²) in [6.45, 7) is 4.36. The van der Waals surface area contributed by atoms with Gasteiger partial charge in [-0.15, -0.1) is 10.2 Å². The minimum atomic E-state index is -0.665.